The van der Waals surface area contributed by atoms with Crippen LogP contribution in [0.3, 0.4) is 0 Å². The third kappa shape index (κ3) is 2.89. The largest absolute Gasteiger partial charge is 0.398 e. The Morgan fingerprint density at radius 3 is 2.89 bits per heavy atom. The van der Waals surface area contributed by atoms with Gasteiger partial charge in [0.05, 0.1) is 20.7 Å². The molecule has 1 aromatic carbocycles. The van der Waals surface area contributed by atoms with Crippen LogP contribution in [-0.2, 0) is 10.8 Å². The quantitative estimate of drug-likeness (QED) is 0.853. The second-order valence-electron chi connectivity index (χ2n) is 5.02. The van der Waals surface area contributed by atoms with Crippen LogP contribution in [0.1, 0.15) is 39.0 Å². The van der Waals surface area contributed by atoms with Crippen LogP contribution in [-0.4, -0.2) is 9.46 Å². The number of halogens is 1. The van der Waals surface area contributed by atoms with Crippen molar-refractivity contribution in [3.8, 4) is 0 Å². The highest BCUT2D eigenvalue weighted by Gasteiger charge is 2.28. The topological polar surface area (TPSA) is 43.1 Å². The van der Waals surface area contributed by atoms with Crippen LogP contribution >= 0.6 is 11.6 Å². The first kappa shape index (κ1) is 13.9. The molecule has 4 heteroatoms. The van der Waals surface area contributed by atoms with Crippen LogP contribution in [0.2, 0.25) is 5.02 Å². The third-order valence-corrected chi connectivity index (χ3v) is 6.13. The number of nitrogen functional groups attached to an aromatic ring is 1. The first-order valence-corrected chi connectivity index (χ1v) is 8.17. The van der Waals surface area contributed by atoms with Crippen molar-refractivity contribution in [1.82, 2.24) is 0 Å². The maximum absolute atomic E-state index is 12.6. The van der Waals surface area contributed by atoms with E-state index < -0.39 is 10.8 Å². The summed E-state index contributed by atoms with van der Waals surface area (Å²) in [5.41, 5.74) is 6.47. The Kier molecular flexibility index (Phi) is 4.68. The minimum atomic E-state index is -1.07. The van der Waals surface area contributed by atoms with Crippen LogP contribution < -0.4 is 5.73 Å². The van der Waals surface area contributed by atoms with Crippen LogP contribution in [0.15, 0.2) is 23.1 Å². The fraction of sp³-hybridized carbons (Fsp3) is 0.571. The molecule has 3 unspecified atom stereocenters. The number of rotatable bonds is 3. The Labute approximate surface area is 116 Å². The molecule has 2 N–H and O–H groups in total. The van der Waals surface area contributed by atoms with Gasteiger partial charge in [0.25, 0.3) is 0 Å². The van der Waals surface area contributed by atoms with Gasteiger partial charge in [0.1, 0.15) is 0 Å². The molecule has 0 saturated heterocycles. The molecular weight excluding hydrogens is 266 g/mol. The van der Waals surface area contributed by atoms with E-state index in [1.165, 1.54) is 19.3 Å². The van der Waals surface area contributed by atoms with Crippen molar-refractivity contribution >= 4 is 28.1 Å². The highest BCUT2D eigenvalue weighted by atomic mass is 35.5. The zero-order valence-electron chi connectivity index (χ0n) is 10.7. The van der Waals surface area contributed by atoms with E-state index in [2.05, 4.69) is 6.92 Å². The van der Waals surface area contributed by atoms with Crippen LogP contribution in [0.5, 0.6) is 0 Å². The fourth-order valence-corrected chi connectivity index (χ4v) is 4.84. The van der Waals surface area contributed by atoms with Crippen molar-refractivity contribution in [1.29, 1.82) is 0 Å². The molecule has 0 spiro atoms. The lowest BCUT2D eigenvalue weighted by molar-refractivity contribution is 0.353. The lowest BCUT2D eigenvalue weighted by Crippen LogP contribution is -2.24. The monoisotopic (exact) mass is 285 g/mol. The molecule has 0 radical (unpaired) electrons. The van der Waals surface area contributed by atoms with Gasteiger partial charge in [0, 0.05) is 10.9 Å². The van der Waals surface area contributed by atoms with E-state index in [4.69, 9.17) is 17.3 Å². The van der Waals surface area contributed by atoms with Crippen LogP contribution in [0.25, 0.3) is 0 Å². The highest BCUT2D eigenvalue weighted by molar-refractivity contribution is 7.86. The lowest BCUT2D eigenvalue weighted by Gasteiger charge is -2.28. The van der Waals surface area contributed by atoms with Gasteiger partial charge in [-0.2, -0.15) is 0 Å². The highest BCUT2D eigenvalue weighted by Crippen LogP contribution is 2.35. The van der Waals surface area contributed by atoms with Gasteiger partial charge in [0.15, 0.2) is 0 Å². The van der Waals surface area contributed by atoms with Crippen LogP contribution in [0.4, 0.5) is 5.69 Å². The summed E-state index contributed by atoms with van der Waals surface area (Å²) < 4.78 is 12.6. The van der Waals surface area contributed by atoms with E-state index in [0.29, 0.717) is 21.5 Å². The van der Waals surface area contributed by atoms with Gasteiger partial charge >= 0.3 is 0 Å². The Bertz CT molecular complexity index is 429. The second-order valence-corrected chi connectivity index (χ2v) is 7.10. The van der Waals surface area contributed by atoms with Crippen molar-refractivity contribution in [3.63, 3.8) is 0 Å². The fourth-order valence-electron chi connectivity index (χ4n) is 2.71. The first-order chi connectivity index (χ1) is 8.63. The normalized spacial score (nSPS) is 25.9. The molecule has 1 aromatic rings. The Balaban J connectivity index is 2.20. The Hall–Kier alpha value is -0.540. The molecule has 3 atom stereocenters. The third-order valence-electron chi connectivity index (χ3n) is 3.81. The average molecular weight is 286 g/mol. The van der Waals surface area contributed by atoms with Gasteiger partial charge in [-0.15, -0.1) is 0 Å². The Morgan fingerprint density at radius 1 is 1.44 bits per heavy atom. The van der Waals surface area contributed by atoms with Crippen molar-refractivity contribution in [3.05, 3.63) is 23.2 Å². The summed E-state index contributed by atoms with van der Waals surface area (Å²) in [4.78, 5) is 0.640. The van der Waals surface area contributed by atoms with Gasteiger partial charge in [0.2, 0.25) is 0 Å². The molecule has 0 aromatic heterocycles. The predicted molar refractivity (Wildman–Crippen MR) is 78.3 cm³/mol. The number of hydrogen-bond acceptors (Lipinski definition) is 2. The molecule has 1 fully saturated rings. The minimum Gasteiger partial charge on any atom is -0.398 e. The average Bonchev–Trinajstić information content (AvgIpc) is 2.38. The van der Waals surface area contributed by atoms with Gasteiger partial charge in [-0.25, -0.2) is 0 Å². The molecule has 100 valence electrons. The summed E-state index contributed by atoms with van der Waals surface area (Å²) in [6.45, 7) is 2.21. The summed E-state index contributed by atoms with van der Waals surface area (Å²) >= 11 is 6.14. The molecule has 1 aliphatic rings. The van der Waals surface area contributed by atoms with Crippen molar-refractivity contribution in [2.24, 2.45) is 5.92 Å². The standard InChI is InChI=1S/C14H20ClNOS/c1-2-10-5-3-6-11(9-10)18(17)14-12(15)7-4-8-13(14)16/h4,7-8,10-11H,2-3,5-6,9,16H2,1H3. The maximum Gasteiger partial charge on any atom is 0.0806 e. The van der Waals surface area contributed by atoms with E-state index in [0.717, 1.165) is 12.8 Å². The zero-order chi connectivity index (χ0) is 13.1. The molecule has 1 saturated carbocycles. The van der Waals surface area contributed by atoms with Crippen LogP contribution in [0, 0.1) is 5.92 Å². The SMILES string of the molecule is CCC1CCCC(S(=O)c2c(N)cccc2Cl)C1. The van der Waals surface area contributed by atoms with Gasteiger partial charge < -0.3 is 5.73 Å². The molecule has 0 bridgehead atoms. The van der Waals surface area contributed by atoms with Crippen molar-refractivity contribution in [2.75, 3.05) is 5.73 Å². The molecular formula is C14H20ClNOS. The van der Waals surface area contributed by atoms with Crippen molar-refractivity contribution < 1.29 is 4.21 Å². The van der Waals surface area contributed by atoms with Gasteiger partial charge in [-0.05, 0) is 30.9 Å². The smallest absolute Gasteiger partial charge is 0.0806 e. The van der Waals surface area contributed by atoms with Crippen molar-refractivity contribution in [2.45, 2.75) is 49.2 Å². The predicted octanol–water partition coefficient (Wildman–Crippen LogP) is 4.00. The first-order valence-electron chi connectivity index (χ1n) is 6.58. The van der Waals surface area contributed by atoms with E-state index in [1.807, 2.05) is 0 Å². The molecule has 0 aliphatic heterocycles. The number of benzene rings is 1. The summed E-state index contributed by atoms with van der Waals surface area (Å²) in [5, 5.41) is 0.748. The number of anilines is 1. The minimum absolute atomic E-state index is 0.214. The van der Waals surface area contributed by atoms with Gasteiger partial charge in [-0.3, -0.25) is 4.21 Å². The summed E-state index contributed by atoms with van der Waals surface area (Å²) in [5.74, 6) is 0.705. The molecule has 2 nitrogen and oxygen atoms in total. The van der Waals surface area contributed by atoms with E-state index in [9.17, 15) is 4.21 Å². The molecule has 18 heavy (non-hydrogen) atoms. The lowest BCUT2D eigenvalue weighted by atomic mass is 9.87. The second kappa shape index (κ2) is 6.07. The molecule has 1 aliphatic carbocycles. The number of hydrogen-bond donors (Lipinski definition) is 1. The van der Waals surface area contributed by atoms with E-state index in [-0.39, 0.29) is 5.25 Å². The summed E-state index contributed by atoms with van der Waals surface area (Å²) in [7, 11) is -1.07. The van der Waals surface area contributed by atoms with Gasteiger partial charge in [-0.1, -0.05) is 43.9 Å². The molecule has 0 amide bonds. The zero-order valence-corrected chi connectivity index (χ0v) is 12.3. The van der Waals surface area contributed by atoms with E-state index in [1.54, 1.807) is 18.2 Å². The summed E-state index contributed by atoms with van der Waals surface area (Å²) in [6, 6.07) is 5.35. The molecule has 2 rings (SSSR count). The number of nitrogens with two attached hydrogens (primary N) is 1. The molecule has 0 heterocycles. The summed E-state index contributed by atoms with van der Waals surface area (Å²) in [6.07, 6.45) is 5.66. The maximum atomic E-state index is 12.6. The van der Waals surface area contributed by atoms with E-state index >= 15 is 0 Å². The Morgan fingerprint density at radius 2 is 2.22 bits per heavy atom.